The molecule has 1 amide bonds. The first kappa shape index (κ1) is 19.6. The van der Waals surface area contributed by atoms with Crippen LogP contribution in [0, 0.1) is 20.8 Å². The van der Waals surface area contributed by atoms with Crippen molar-refractivity contribution in [2.45, 2.75) is 25.7 Å². The summed E-state index contributed by atoms with van der Waals surface area (Å²) >= 11 is 0. The summed E-state index contributed by atoms with van der Waals surface area (Å²) in [6, 6.07) is 18.9. The maximum absolute atomic E-state index is 12.8. The van der Waals surface area contributed by atoms with E-state index in [0.29, 0.717) is 16.9 Å². The Morgan fingerprint density at radius 3 is 2.21 bits per heavy atom. The van der Waals surface area contributed by atoms with E-state index in [1.165, 1.54) is 6.07 Å². The molecule has 3 rings (SSSR count). The molecule has 0 aliphatic rings. The van der Waals surface area contributed by atoms with Gasteiger partial charge in [0.2, 0.25) is 0 Å². The predicted molar refractivity (Wildman–Crippen MR) is 112 cm³/mol. The van der Waals surface area contributed by atoms with E-state index in [2.05, 4.69) is 10.0 Å². The normalized spacial score (nSPS) is 11.1. The van der Waals surface area contributed by atoms with E-state index in [4.69, 9.17) is 0 Å². The molecule has 0 saturated heterocycles. The van der Waals surface area contributed by atoms with Crippen LogP contribution in [0.1, 0.15) is 27.0 Å². The molecule has 0 bridgehead atoms. The third kappa shape index (κ3) is 4.58. The lowest BCUT2D eigenvalue weighted by Crippen LogP contribution is -2.13. The van der Waals surface area contributed by atoms with Crippen molar-refractivity contribution in [3.05, 3.63) is 93.7 Å². The molecule has 3 aromatic rings. The van der Waals surface area contributed by atoms with Crippen molar-refractivity contribution < 1.29 is 13.2 Å². The lowest BCUT2D eigenvalue weighted by atomic mass is 10.1. The minimum atomic E-state index is -3.95. The number of rotatable bonds is 5. The topological polar surface area (TPSA) is 77.3 Å². The monoisotopic (exact) mass is 393 g/mol. The van der Waals surface area contributed by atoms with Crippen LogP contribution in [0.3, 0.4) is 0 Å². The molecule has 0 aliphatic carbocycles. The first-order chi connectivity index (χ1) is 13.2. The maximum Gasteiger partial charge on any atom is 0.255 e. The fourth-order valence-electron chi connectivity index (χ4n) is 2.82. The second-order valence-electron chi connectivity index (χ2n) is 6.71. The highest BCUT2D eigenvalue weighted by molar-refractivity contribution is 7.94. The van der Waals surface area contributed by atoms with Crippen LogP contribution in [0.5, 0.6) is 0 Å². The smallest absolute Gasteiger partial charge is 0.255 e. The zero-order valence-corrected chi connectivity index (χ0v) is 16.7. The molecule has 28 heavy (non-hydrogen) atoms. The molecule has 0 aromatic heterocycles. The Balaban J connectivity index is 1.89. The van der Waals surface area contributed by atoms with Crippen molar-refractivity contribution in [2.24, 2.45) is 0 Å². The average molecular weight is 393 g/mol. The molecule has 0 spiro atoms. The van der Waals surface area contributed by atoms with E-state index >= 15 is 0 Å². The number of aryl methyl sites for hydroxylation is 3. The van der Waals surface area contributed by atoms with Crippen LogP contribution in [-0.2, 0) is 10.0 Å². The molecule has 0 atom stereocenters. The number of hydrogen-bond acceptors (Lipinski definition) is 3. The van der Waals surface area contributed by atoms with Crippen molar-refractivity contribution in [2.75, 3.05) is 5.32 Å². The first-order valence-corrected chi connectivity index (χ1v) is 10.2. The molecule has 0 heterocycles. The quantitative estimate of drug-likeness (QED) is 0.642. The predicted octanol–water partition coefficient (Wildman–Crippen LogP) is 5.26. The van der Waals surface area contributed by atoms with Crippen LogP contribution < -0.4 is 5.32 Å². The summed E-state index contributed by atoms with van der Waals surface area (Å²) in [5.41, 5.74) is 3.73. The zero-order valence-electron chi connectivity index (χ0n) is 15.9. The summed E-state index contributed by atoms with van der Waals surface area (Å²) in [4.78, 5) is 12.6. The van der Waals surface area contributed by atoms with Crippen molar-refractivity contribution >= 4 is 27.3 Å². The highest BCUT2D eigenvalue weighted by atomic mass is 32.2. The molecule has 3 aromatic carbocycles. The summed E-state index contributed by atoms with van der Waals surface area (Å²) in [6.07, 6.45) is 0. The third-order valence-electron chi connectivity index (χ3n) is 4.23. The Kier molecular flexibility index (Phi) is 5.51. The van der Waals surface area contributed by atoms with E-state index in [9.17, 15) is 13.2 Å². The molecule has 5 nitrogen and oxygen atoms in total. The van der Waals surface area contributed by atoms with Crippen LogP contribution in [0.15, 0.2) is 71.6 Å². The van der Waals surface area contributed by atoms with Crippen molar-refractivity contribution in [1.82, 2.24) is 0 Å². The van der Waals surface area contributed by atoms with Gasteiger partial charge >= 0.3 is 0 Å². The first-order valence-electron chi connectivity index (χ1n) is 8.78. The molecule has 0 aliphatic heterocycles. The molecule has 0 radical (unpaired) electrons. The Bertz CT molecular complexity index is 1140. The molecule has 144 valence electrons. The number of anilines is 1. The Labute approximate surface area is 165 Å². The highest BCUT2D eigenvalue weighted by Gasteiger charge is 2.14. The van der Waals surface area contributed by atoms with Gasteiger partial charge in [0, 0.05) is 11.3 Å². The van der Waals surface area contributed by atoms with E-state index in [1.54, 1.807) is 43.3 Å². The summed E-state index contributed by atoms with van der Waals surface area (Å²) < 4.78 is 29.5. The molecule has 0 fully saturated rings. The lowest BCUT2D eigenvalue weighted by Gasteiger charge is -2.23. The van der Waals surface area contributed by atoms with E-state index in [0.717, 1.165) is 11.1 Å². The van der Waals surface area contributed by atoms with Gasteiger partial charge in [0.1, 0.15) is 10.0 Å². The maximum atomic E-state index is 12.8. The minimum absolute atomic E-state index is 0.0194. The van der Waals surface area contributed by atoms with Gasteiger partial charge in [-0.25, -0.2) is 8.42 Å². The minimum Gasteiger partial charge on any atom is -0.573 e. The molecule has 1 N–H and O–H groups in total. The number of carbonyl (C=O) groups is 1. The number of nitrogens with one attached hydrogen (secondary N) is 1. The van der Waals surface area contributed by atoms with Crippen molar-refractivity contribution in [3.63, 3.8) is 0 Å². The van der Waals surface area contributed by atoms with Crippen molar-refractivity contribution in [3.8, 4) is 0 Å². The number of carbonyl (C=O) groups excluding carboxylic acids is 1. The average Bonchev–Trinajstić information content (AvgIpc) is 2.61. The molecular formula is C22H21N2O3S-. The number of nitrogens with zero attached hydrogens (tertiary/aromatic N) is 1. The summed E-state index contributed by atoms with van der Waals surface area (Å²) in [7, 11) is -3.95. The Morgan fingerprint density at radius 1 is 0.857 bits per heavy atom. The van der Waals surface area contributed by atoms with E-state index < -0.39 is 10.0 Å². The standard InChI is InChI=1S/C22H21N2O3S/c1-15-6-4-8-19(12-15)23-22(25)18-11-10-17(3)21(14-18)28(26,27)24-20-9-5-7-16(2)13-20/h4-14H,1-3H3,(H,23,25)/q-1. The SMILES string of the molecule is Cc1cccc([N-]S(=O)(=O)c2cc(C(=O)Nc3cccc(C)c3)ccc2C)c1. The Morgan fingerprint density at radius 2 is 1.54 bits per heavy atom. The van der Waals surface area contributed by atoms with Gasteiger partial charge in [0.05, 0.1) is 4.90 Å². The molecule has 6 heteroatoms. The highest BCUT2D eigenvalue weighted by Crippen LogP contribution is 2.30. The van der Waals surface area contributed by atoms with Crippen molar-refractivity contribution in [1.29, 1.82) is 0 Å². The molecule has 0 saturated carbocycles. The van der Waals surface area contributed by atoms with Gasteiger partial charge in [-0.2, -0.15) is 0 Å². The van der Waals surface area contributed by atoms with Gasteiger partial charge in [0.25, 0.3) is 5.91 Å². The van der Waals surface area contributed by atoms with E-state index in [-0.39, 0.29) is 16.4 Å². The number of amides is 1. The van der Waals surface area contributed by atoms with Crippen LogP contribution in [-0.4, -0.2) is 14.3 Å². The fourth-order valence-corrected chi connectivity index (χ4v) is 4.06. The van der Waals surface area contributed by atoms with Gasteiger partial charge in [-0.15, -0.1) is 5.69 Å². The van der Waals surface area contributed by atoms with Gasteiger partial charge in [0.15, 0.2) is 0 Å². The van der Waals surface area contributed by atoms with Crippen LogP contribution in [0.25, 0.3) is 4.72 Å². The van der Waals surface area contributed by atoms with Gasteiger partial charge in [-0.1, -0.05) is 48.0 Å². The fraction of sp³-hybridized carbons (Fsp3) is 0.136. The summed E-state index contributed by atoms with van der Waals surface area (Å²) in [5, 5.41) is 2.79. The molecule has 0 unspecified atom stereocenters. The summed E-state index contributed by atoms with van der Waals surface area (Å²) in [6.45, 7) is 5.48. The van der Waals surface area contributed by atoms with Gasteiger partial charge in [-0.3, -0.25) is 4.79 Å². The number of benzene rings is 3. The van der Waals surface area contributed by atoms with Crippen LogP contribution in [0.4, 0.5) is 11.4 Å². The number of hydrogen-bond donors (Lipinski definition) is 1. The lowest BCUT2D eigenvalue weighted by molar-refractivity contribution is 0.102. The second-order valence-corrected chi connectivity index (χ2v) is 8.28. The third-order valence-corrected chi connectivity index (χ3v) is 5.68. The van der Waals surface area contributed by atoms with Crippen LogP contribution >= 0.6 is 0 Å². The van der Waals surface area contributed by atoms with Crippen LogP contribution in [0.2, 0.25) is 0 Å². The van der Waals surface area contributed by atoms with Gasteiger partial charge < -0.3 is 10.0 Å². The second kappa shape index (κ2) is 7.86. The molecular weight excluding hydrogens is 372 g/mol. The summed E-state index contributed by atoms with van der Waals surface area (Å²) in [5.74, 6) is -0.377. The largest absolute Gasteiger partial charge is 0.573 e. The number of sulfonamides is 1. The van der Waals surface area contributed by atoms with Gasteiger partial charge in [-0.05, 0) is 56.2 Å². The van der Waals surface area contributed by atoms with E-state index in [1.807, 2.05) is 38.1 Å². The Hall–Kier alpha value is -3.12. The zero-order chi connectivity index (χ0) is 20.3.